The second kappa shape index (κ2) is 12.7. The number of aromatic hydroxyl groups is 1. The number of phenols is 1. The number of amides is 1. The van der Waals surface area contributed by atoms with Gasteiger partial charge in [0.05, 0.1) is 29.7 Å². The van der Waals surface area contributed by atoms with Crippen molar-refractivity contribution in [3.8, 4) is 5.75 Å². The van der Waals surface area contributed by atoms with Crippen LogP contribution in [0.1, 0.15) is 73.7 Å². The fraction of sp³-hybridized carbons (Fsp3) is 0.514. The third-order valence-corrected chi connectivity index (χ3v) is 9.57. The molecule has 2 aromatic carbocycles. The first-order valence-corrected chi connectivity index (χ1v) is 15.4. The van der Waals surface area contributed by atoms with E-state index in [1.165, 1.54) is 12.5 Å². The Labute approximate surface area is 260 Å². The molecule has 0 heterocycles. The Balaban J connectivity index is 1.76. The molecule has 0 saturated heterocycles. The second-order valence-corrected chi connectivity index (χ2v) is 13.6. The van der Waals surface area contributed by atoms with Crippen LogP contribution in [0.3, 0.4) is 0 Å². The number of nitrogens with two attached hydrogens (primary N) is 1. The molecule has 44 heavy (non-hydrogen) atoms. The van der Waals surface area contributed by atoms with Crippen LogP contribution in [0.2, 0.25) is 0 Å². The molecule has 2 aliphatic carbocycles. The van der Waals surface area contributed by atoms with Gasteiger partial charge in [-0.05, 0) is 85.9 Å². The van der Waals surface area contributed by atoms with Crippen molar-refractivity contribution in [3.05, 3.63) is 69.5 Å². The van der Waals surface area contributed by atoms with Gasteiger partial charge in [0.1, 0.15) is 11.5 Å². The van der Waals surface area contributed by atoms with Crippen LogP contribution in [0.4, 0.5) is 5.69 Å². The first kappa shape index (κ1) is 33.2. The Morgan fingerprint density at radius 3 is 2.30 bits per heavy atom. The van der Waals surface area contributed by atoms with E-state index in [0.717, 1.165) is 16.7 Å². The van der Waals surface area contributed by atoms with Crippen LogP contribution in [0.5, 0.6) is 5.75 Å². The summed E-state index contributed by atoms with van der Waals surface area (Å²) in [6.07, 6.45) is 1.35. The summed E-state index contributed by atoms with van der Waals surface area (Å²) < 4.78 is 0. The number of likely N-dealkylation sites (N-methyl/N-ethyl adjacent to an activating group) is 1. The normalized spacial score (nSPS) is 21.5. The predicted octanol–water partition coefficient (Wildman–Crippen LogP) is 4.28. The molecule has 2 aliphatic rings. The average Bonchev–Trinajstić information content (AvgIpc) is 2.95. The number of carbonyl (C=O) groups is 3. The van der Waals surface area contributed by atoms with Gasteiger partial charge in [-0.3, -0.25) is 14.4 Å². The summed E-state index contributed by atoms with van der Waals surface area (Å²) >= 11 is 0. The third-order valence-electron chi connectivity index (χ3n) is 9.57. The van der Waals surface area contributed by atoms with Gasteiger partial charge in [-0.15, -0.1) is 0 Å². The number of phenolic OH excluding ortho intramolecular Hbond substituents is 1. The molecule has 0 aliphatic heterocycles. The minimum Gasteiger partial charge on any atom is -0.511 e. The minimum atomic E-state index is -1.20. The molecule has 2 unspecified atom stereocenters. The summed E-state index contributed by atoms with van der Waals surface area (Å²) in [6.45, 7) is 10.0. The van der Waals surface area contributed by atoms with E-state index >= 15 is 0 Å². The highest BCUT2D eigenvalue weighted by Crippen LogP contribution is 2.49. The minimum absolute atomic E-state index is 0.0311. The van der Waals surface area contributed by atoms with Crippen LogP contribution in [-0.4, -0.2) is 64.4 Å². The molecule has 5 atom stereocenters. The van der Waals surface area contributed by atoms with Gasteiger partial charge in [0.25, 0.3) is 0 Å². The molecule has 9 heteroatoms. The summed E-state index contributed by atoms with van der Waals surface area (Å²) in [5, 5.41) is 36.7. The zero-order chi connectivity index (χ0) is 32.7. The van der Waals surface area contributed by atoms with Crippen molar-refractivity contribution in [2.24, 2.45) is 29.4 Å². The fourth-order valence-electron chi connectivity index (χ4n) is 6.86. The number of nitrogens with one attached hydrogen (secondary N) is 1. The molecule has 4 rings (SSSR count). The summed E-state index contributed by atoms with van der Waals surface area (Å²) in [5.41, 5.74) is 10.0. The number of carbonyl (C=O) groups excluding carboxylic acids is 3. The van der Waals surface area contributed by atoms with E-state index in [2.05, 4.69) is 38.2 Å². The topological polar surface area (TPSA) is 153 Å². The lowest BCUT2D eigenvalue weighted by Crippen LogP contribution is -2.50. The number of benzene rings is 2. The lowest BCUT2D eigenvalue weighted by molar-refractivity contribution is -0.136. The van der Waals surface area contributed by atoms with E-state index in [4.69, 9.17) is 5.73 Å². The van der Waals surface area contributed by atoms with Crippen LogP contribution in [-0.2, 0) is 34.4 Å². The molecule has 0 bridgehead atoms. The highest BCUT2D eigenvalue weighted by atomic mass is 16.3. The third kappa shape index (κ3) is 6.13. The highest BCUT2D eigenvalue weighted by molar-refractivity contribution is 6.15. The Bertz CT molecular complexity index is 1470. The molecule has 6 N–H and O–H groups in total. The van der Waals surface area contributed by atoms with Gasteiger partial charge in [0, 0.05) is 18.2 Å². The van der Waals surface area contributed by atoms with Crippen molar-refractivity contribution >= 4 is 23.2 Å². The number of aryl methyl sites for hydroxylation is 1. The highest BCUT2D eigenvalue weighted by Gasteiger charge is 2.50. The smallest absolute Gasteiger partial charge is 0.227 e. The quantitative estimate of drug-likeness (QED) is 0.199. The number of nitrogens with zero attached hydrogens (tertiary/aromatic N) is 1. The van der Waals surface area contributed by atoms with Gasteiger partial charge in [0.2, 0.25) is 5.91 Å². The number of ketones is 2. The molecule has 0 aromatic heterocycles. The van der Waals surface area contributed by atoms with Crippen LogP contribution < -0.4 is 11.1 Å². The molecule has 9 nitrogen and oxygen atoms in total. The molecule has 0 spiro atoms. The number of hydrogen-bond acceptors (Lipinski definition) is 8. The van der Waals surface area contributed by atoms with Gasteiger partial charge in [-0.25, -0.2) is 0 Å². The zero-order valence-electron chi connectivity index (χ0n) is 26.9. The lowest BCUT2D eigenvalue weighted by Gasteiger charge is -2.44. The molecule has 1 amide bonds. The van der Waals surface area contributed by atoms with Crippen LogP contribution in [0.15, 0.2) is 41.7 Å². The molecule has 238 valence electrons. The van der Waals surface area contributed by atoms with Crippen molar-refractivity contribution < 1.29 is 29.7 Å². The van der Waals surface area contributed by atoms with Crippen molar-refractivity contribution in [2.75, 3.05) is 26.0 Å². The lowest BCUT2D eigenvalue weighted by atomic mass is 9.62. The predicted molar refractivity (Wildman–Crippen MR) is 171 cm³/mol. The van der Waals surface area contributed by atoms with E-state index in [1.807, 2.05) is 25.1 Å². The first-order valence-electron chi connectivity index (χ1n) is 15.4. The summed E-state index contributed by atoms with van der Waals surface area (Å²) in [5.74, 6) is -5.89. The van der Waals surface area contributed by atoms with Crippen LogP contribution >= 0.6 is 0 Å². The summed E-state index contributed by atoms with van der Waals surface area (Å²) in [6, 6.07) is 9.64. The van der Waals surface area contributed by atoms with E-state index in [0.29, 0.717) is 31.5 Å². The van der Waals surface area contributed by atoms with Gasteiger partial charge in [0.15, 0.2) is 11.6 Å². The number of anilines is 1. The molecule has 0 fully saturated rings. The standard InChI is InChI=1S/C35H47N3O6/c1-8-20-15-25(37-16-19-9-11-22(12-10-19)35(3,4)5)31(41)28-23(20)13-21-14-24(26(17-39)38(6)7)29(30(40)18(2)34(36)44)33(43)27(21)32(28)42/h9-12,15,18,21,24,26,29,37,39,41,43H,8,13-14,16-17H2,1-7H3,(H2,36,44)/t18?,21-,24-,26+,29?/m0/s1. The van der Waals surface area contributed by atoms with Crippen molar-refractivity contribution in [2.45, 2.75) is 71.9 Å². The number of fused-ring (bicyclic) bond motifs is 2. The van der Waals surface area contributed by atoms with Gasteiger partial charge in [-0.2, -0.15) is 0 Å². The maximum absolute atomic E-state index is 14.2. The van der Waals surface area contributed by atoms with E-state index in [9.17, 15) is 29.7 Å². The van der Waals surface area contributed by atoms with Crippen LogP contribution in [0.25, 0.3) is 0 Å². The Morgan fingerprint density at radius 2 is 1.77 bits per heavy atom. The van der Waals surface area contributed by atoms with Crippen LogP contribution in [0, 0.1) is 23.7 Å². The van der Waals surface area contributed by atoms with Crippen molar-refractivity contribution in [1.29, 1.82) is 0 Å². The van der Waals surface area contributed by atoms with E-state index in [1.54, 1.807) is 19.0 Å². The van der Waals surface area contributed by atoms with Gasteiger partial charge >= 0.3 is 0 Å². The Hall–Kier alpha value is -3.69. The van der Waals surface area contributed by atoms with E-state index < -0.39 is 52.9 Å². The number of aliphatic hydroxyl groups is 2. The van der Waals surface area contributed by atoms with Gasteiger partial charge < -0.3 is 31.3 Å². The number of Topliss-reactive ketones (excluding diaryl/α,β-unsaturated/α-hetero) is 2. The van der Waals surface area contributed by atoms with Gasteiger partial charge in [-0.1, -0.05) is 52.0 Å². The summed E-state index contributed by atoms with van der Waals surface area (Å²) in [4.78, 5) is 41.6. The average molecular weight is 606 g/mol. The summed E-state index contributed by atoms with van der Waals surface area (Å²) in [7, 11) is 3.55. The second-order valence-electron chi connectivity index (χ2n) is 13.6. The maximum atomic E-state index is 14.2. The number of hydrogen-bond donors (Lipinski definition) is 5. The molecule has 0 radical (unpaired) electrons. The van der Waals surface area contributed by atoms with Crippen molar-refractivity contribution in [3.63, 3.8) is 0 Å². The molecular weight excluding hydrogens is 558 g/mol. The molecule has 0 saturated carbocycles. The zero-order valence-corrected chi connectivity index (χ0v) is 26.9. The Kier molecular flexibility index (Phi) is 9.61. The first-order chi connectivity index (χ1) is 20.6. The maximum Gasteiger partial charge on any atom is 0.227 e. The fourth-order valence-corrected chi connectivity index (χ4v) is 6.86. The SMILES string of the molecule is CCc1cc(NCc2ccc(C(C)(C)C)cc2)c(O)c2c1C[C@H]1C[C@@H]([C@@H](CO)N(C)C)C(C(=O)C(C)C(N)=O)C(O)=C1C2=O. The number of primary amides is 1. The Morgan fingerprint density at radius 1 is 1.14 bits per heavy atom. The number of aliphatic hydroxyl groups excluding tert-OH is 2. The molecule has 2 aromatic rings. The van der Waals surface area contributed by atoms with E-state index in [-0.39, 0.29) is 28.9 Å². The number of rotatable bonds is 10. The monoisotopic (exact) mass is 605 g/mol. The number of allylic oxidation sites excluding steroid dienone is 2. The van der Waals surface area contributed by atoms with Crippen molar-refractivity contribution in [1.82, 2.24) is 4.90 Å². The molecular formula is C35H47N3O6. The largest absolute Gasteiger partial charge is 0.511 e.